The second-order valence-electron chi connectivity index (χ2n) is 1.75. The Hall–Kier alpha value is -0.980. The lowest BCUT2D eigenvalue weighted by molar-refractivity contribution is 0.301. The molecule has 1 nitrogen and oxygen atoms in total. The van der Waals surface area contributed by atoms with Crippen LogP contribution in [-0.4, -0.2) is 7.11 Å². The lowest BCUT2D eigenvalue weighted by Gasteiger charge is -2.01. The zero-order valence-electron chi connectivity index (χ0n) is 7.98. The molecule has 0 saturated heterocycles. The number of hydrogen-bond donors (Lipinski definition) is 0. The molecule has 0 radical (unpaired) electrons. The number of methoxy groups -OCH3 is 1. The van der Waals surface area contributed by atoms with E-state index in [0.717, 1.165) is 11.3 Å². The van der Waals surface area contributed by atoms with Crippen molar-refractivity contribution in [1.29, 1.82) is 0 Å². The summed E-state index contributed by atoms with van der Waals surface area (Å²) in [7, 11) is 1.62. The van der Waals surface area contributed by atoms with E-state index in [4.69, 9.17) is 4.74 Å². The van der Waals surface area contributed by atoms with Crippen LogP contribution in [0.15, 0.2) is 36.6 Å². The fourth-order valence-electron chi connectivity index (χ4n) is 0.492. The molecule has 0 saturated carbocycles. The molecule has 0 N–H and O–H groups in total. The maximum atomic E-state index is 4.94. The summed E-state index contributed by atoms with van der Waals surface area (Å²) in [5.41, 5.74) is 0.914. The molecule has 0 aliphatic carbocycles. The molecule has 64 valence electrons. The van der Waals surface area contributed by atoms with Gasteiger partial charge in [-0.2, -0.15) is 0 Å². The molecule has 0 aromatic carbocycles. The van der Waals surface area contributed by atoms with Gasteiger partial charge in [0.1, 0.15) is 5.76 Å². The summed E-state index contributed by atoms with van der Waals surface area (Å²) in [5, 5.41) is 0. The standard InChI is InChI=1S/C8H12O.C2H6/c1-5-6-8(9-4)7(2)3;1-2/h5-6H,1-2H2,3-4H3;1-2H3/b8-6+;. The summed E-state index contributed by atoms with van der Waals surface area (Å²) in [5.74, 6) is 0.782. The molecular weight excluding hydrogens is 136 g/mol. The first kappa shape index (κ1) is 12.7. The van der Waals surface area contributed by atoms with E-state index < -0.39 is 0 Å². The van der Waals surface area contributed by atoms with Crippen molar-refractivity contribution in [2.75, 3.05) is 7.11 Å². The molecule has 0 rings (SSSR count). The van der Waals surface area contributed by atoms with Gasteiger partial charge in [-0.1, -0.05) is 33.1 Å². The van der Waals surface area contributed by atoms with Gasteiger partial charge >= 0.3 is 0 Å². The first-order valence-electron chi connectivity index (χ1n) is 3.75. The molecule has 0 aliphatic heterocycles. The van der Waals surface area contributed by atoms with Crippen LogP contribution in [-0.2, 0) is 4.74 Å². The Balaban J connectivity index is 0. The van der Waals surface area contributed by atoms with E-state index in [0.29, 0.717) is 0 Å². The average Bonchev–Trinajstić information content (AvgIpc) is 2.03. The topological polar surface area (TPSA) is 9.23 Å². The summed E-state index contributed by atoms with van der Waals surface area (Å²) in [4.78, 5) is 0. The largest absolute Gasteiger partial charge is 0.497 e. The van der Waals surface area contributed by atoms with E-state index in [1.165, 1.54) is 0 Å². The third-order valence-electron chi connectivity index (χ3n) is 0.910. The molecule has 0 amide bonds. The Kier molecular flexibility index (Phi) is 10.4. The normalized spacial score (nSPS) is 9.27. The highest BCUT2D eigenvalue weighted by molar-refractivity contribution is 5.23. The first-order valence-corrected chi connectivity index (χ1v) is 3.75. The van der Waals surface area contributed by atoms with E-state index >= 15 is 0 Å². The lowest BCUT2D eigenvalue weighted by atomic mass is 10.3. The van der Waals surface area contributed by atoms with E-state index in [9.17, 15) is 0 Å². The Labute approximate surface area is 70.1 Å². The highest BCUT2D eigenvalue weighted by atomic mass is 16.5. The fraction of sp³-hybridized carbons (Fsp3) is 0.400. The minimum atomic E-state index is 0.782. The smallest absolute Gasteiger partial charge is 0.121 e. The molecule has 0 aromatic rings. The predicted octanol–water partition coefficient (Wildman–Crippen LogP) is 3.31. The molecule has 0 bridgehead atoms. The predicted molar refractivity (Wildman–Crippen MR) is 51.5 cm³/mol. The second kappa shape index (κ2) is 9.02. The SMILES string of the molecule is C=C/C=C(/OC)C(=C)C.CC. The van der Waals surface area contributed by atoms with Gasteiger partial charge in [0.05, 0.1) is 7.11 Å². The van der Waals surface area contributed by atoms with Crippen molar-refractivity contribution in [2.45, 2.75) is 20.8 Å². The van der Waals surface area contributed by atoms with Gasteiger partial charge < -0.3 is 4.74 Å². The molecule has 0 aliphatic rings. The molecule has 0 atom stereocenters. The number of rotatable bonds is 3. The van der Waals surface area contributed by atoms with E-state index in [1.54, 1.807) is 19.3 Å². The van der Waals surface area contributed by atoms with Crippen LogP contribution >= 0.6 is 0 Å². The third kappa shape index (κ3) is 6.91. The van der Waals surface area contributed by atoms with Gasteiger partial charge in [0.15, 0.2) is 0 Å². The molecule has 1 heteroatoms. The quantitative estimate of drug-likeness (QED) is 0.447. The van der Waals surface area contributed by atoms with Crippen molar-refractivity contribution >= 4 is 0 Å². The van der Waals surface area contributed by atoms with E-state index in [-0.39, 0.29) is 0 Å². The first-order chi connectivity index (χ1) is 5.22. The Bertz CT molecular complexity index is 143. The van der Waals surface area contributed by atoms with Crippen LogP contribution in [0.2, 0.25) is 0 Å². The summed E-state index contributed by atoms with van der Waals surface area (Å²) in [6.45, 7) is 13.1. The van der Waals surface area contributed by atoms with Crippen molar-refractivity contribution in [3.8, 4) is 0 Å². The minimum Gasteiger partial charge on any atom is -0.497 e. The lowest BCUT2D eigenvalue weighted by Crippen LogP contribution is -1.85. The van der Waals surface area contributed by atoms with Gasteiger partial charge in [-0.15, -0.1) is 0 Å². The van der Waals surface area contributed by atoms with Crippen molar-refractivity contribution < 1.29 is 4.74 Å². The van der Waals surface area contributed by atoms with Crippen LogP contribution in [0, 0.1) is 0 Å². The van der Waals surface area contributed by atoms with Crippen LogP contribution in [0.5, 0.6) is 0 Å². The number of ether oxygens (including phenoxy) is 1. The van der Waals surface area contributed by atoms with Crippen molar-refractivity contribution in [1.82, 2.24) is 0 Å². The Morgan fingerprint density at radius 2 is 1.82 bits per heavy atom. The maximum Gasteiger partial charge on any atom is 0.121 e. The summed E-state index contributed by atoms with van der Waals surface area (Å²) in [6.07, 6.45) is 3.45. The van der Waals surface area contributed by atoms with Gasteiger partial charge in [0.25, 0.3) is 0 Å². The highest BCUT2D eigenvalue weighted by Crippen LogP contribution is 2.05. The highest BCUT2D eigenvalue weighted by Gasteiger charge is 1.91. The zero-order chi connectivity index (χ0) is 9.28. The van der Waals surface area contributed by atoms with Crippen LogP contribution in [0.25, 0.3) is 0 Å². The van der Waals surface area contributed by atoms with Crippen LogP contribution in [0.1, 0.15) is 20.8 Å². The monoisotopic (exact) mass is 154 g/mol. The van der Waals surface area contributed by atoms with Crippen LogP contribution in [0.4, 0.5) is 0 Å². The van der Waals surface area contributed by atoms with Gasteiger partial charge in [0.2, 0.25) is 0 Å². The van der Waals surface area contributed by atoms with Gasteiger partial charge in [-0.25, -0.2) is 0 Å². The average molecular weight is 154 g/mol. The molecule has 0 spiro atoms. The zero-order valence-corrected chi connectivity index (χ0v) is 7.98. The fourth-order valence-corrected chi connectivity index (χ4v) is 0.492. The molecular formula is C10H18O. The van der Waals surface area contributed by atoms with Crippen molar-refractivity contribution in [2.24, 2.45) is 0 Å². The third-order valence-corrected chi connectivity index (χ3v) is 0.910. The minimum absolute atomic E-state index is 0.782. The van der Waals surface area contributed by atoms with Crippen molar-refractivity contribution in [3.63, 3.8) is 0 Å². The molecule has 11 heavy (non-hydrogen) atoms. The van der Waals surface area contributed by atoms with E-state index in [1.807, 2.05) is 20.8 Å². The summed E-state index contributed by atoms with van der Waals surface area (Å²) in [6, 6.07) is 0. The second-order valence-corrected chi connectivity index (χ2v) is 1.75. The summed E-state index contributed by atoms with van der Waals surface area (Å²) < 4.78 is 4.94. The number of allylic oxidation sites excluding steroid dienone is 3. The van der Waals surface area contributed by atoms with Crippen LogP contribution in [0.3, 0.4) is 0 Å². The molecule has 0 aromatic heterocycles. The Morgan fingerprint density at radius 3 is 1.91 bits per heavy atom. The van der Waals surface area contributed by atoms with Crippen molar-refractivity contribution in [3.05, 3.63) is 36.6 Å². The van der Waals surface area contributed by atoms with Crippen LogP contribution < -0.4 is 0 Å². The van der Waals surface area contributed by atoms with E-state index in [2.05, 4.69) is 13.2 Å². The van der Waals surface area contributed by atoms with Gasteiger partial charge in [-0.3, -0.25) is 0 Å². The summed E-state index contributed by atoms with van der Waals surface area (Å²) >= 11 is 0. The Morgan fingerprint density at radius 1 is 1.36 bits per heavy atom. The molecule has 0 heterocycles. The maximum absolute atomic E-state index is 4.94. The number of hydrogen-bond acceptors (Lipinski definition) is 1. The molecule has 0 unspecified atom stereocenters. The molecule has 0 fully saturated rings. The van der Waals surface area contributed by atoms with Gasteiger partial charge in [-0.05, 0) is 18.6 Å². The van der Waals surface area contributed by atoms with Gasteiger partial charge in [0, 0.05) is 0 Å².